The van der Waals surface area contributed by atoms with E-state index in [4.69, 9.17) is 5.73 Å². The molecule has 90 valence electrons. The Balaban J connectivity index is 2.26. The minimum atomic E-state index is -0.0675. The van der Waals surface area contributed by atoms with Crippen molar-refractivity contribution in [2.24, 2.45) is 5.73 Å². The Hall–Kier alpha value is -2.40. The van der Waals surface area contributed by atoms with Crippen LogP contribution in [0.4, 0.5) is 0 Å². The fourth-order valence-corrected chi connectivity index (χ4v) is 1.99. The molecule has 0 radical (unpaired) electrons. The van der Waals surface area contributed by atoms with Gasteiger partial charge < -0.3 is 15.7 Å². The van der Waals surface area contributed by atoms with Crippen LogP contribution >= 0.6 is 0 Å². The number of hydrogen-bond acceptors (Lipinski definition) is 3. The Labute approximate surface area is 103 Å². The number of para-hydroxylation sites is 1. The quantitative estimate of drug-likeness (QED) is 0.632. The number of fused-ring (bicyclic) bond motifs is 1. The number of H-pyrrole nitrogens is 2. The third-order valence-electron chi connectivity index (χ3n) is 2.90. The molecule has 0 spiro atoms. The number of nitrogens with zero attached hydrogens (tertiary/aromatic N) is 1. The standard InChI is InChI=1S/C13H12N4O/c14-6-8-2-1-3-10-12(8)17-13(16-10)9-7-15-5-4-11(9)18/h1-5,7H,6,14H2,(H,15,18)(H,16,17). The lowest BCUT2D eigenvalue weighted by atomic mass is 10.2. The van der Waals surface area contributed by atoms with Crippen LogP contribution < -0.4 is 11.2 Å². The van der Waals surface area contributed by atoms with Gasteiger partial charge in [-0.15, -0.1) is 0 Å². The lowest BCUT2D eigenvalue weighted by Gasteiger charge is -1.95. The van der Waals surface area contributed by atoms with Gasteiger partial charge in [-0.3, -0.25) is 4.79 Å². The van der Waals surface area contributed by atoms with Gasteiger partial charge in [-0.2, -0.15) is 0 Å². The molecule has 2 aromatic heterocycles. The summed E-state index contributed by atoms with van der Waals surface area (Å²) in [4.78, 5) is 22.2. The minimum Gasteiger partial charge on any atom is -0.367 e. The van der Waals surface area contributed by atoms with Crippen molar-refractivity contribution in [1.82, 2.24) is 15.0 Å². The number of benzene rings is 1. The van der Waals surface area contributed by atoms with Crippen LogP contribution in [0.2, 0.25) is 0 Å². The number of aromatic nitrogens is 3. The molecule has 1 aromatic carbocycles. The summed E-state index contributed by atoms with van der Waals surface area (Å²) in [5, 5.41) is 0. The monoisotopic (exact) mass is 240 g/mol. The number of nitrogens with two attached hydrogens (primary N) is 1. The van der Waals surface area contributed by atoms with Gasteiger partial charge in [-0.05, 0) is 11.6 Å². The zero-order valence-corrected chi connectivity index (χ0v) is 9.60. The first kappa shape index (κ1) is 10.7. The molecule has 0 bridgehead atoms. The average Bonchev–Trinajstić information content (AvgIpc) is 2.82. The van der Waals surface area contributed by atoms with Crippen LogP contribution in [0.1, 0.15) is 5.56 Å². The third-order valence-corrected chi connectivity index (χ3v) is 2.90. The van der Waals surface area contributed by atoms with Crippen molar-refractivity contribution in [3.8, 4) is 11.4 Å². The summed E-state index contributed by atoms with van der Waals surface area (Å²) < 4.78 is 0. The molecule has 3 rings (SSSR count). The SMILES string of the molecule is NCc1cccc2[nH]c(-c3c[nH]ccc3=O)nc12. The van der Waals surface area contributed by atoms with Crippen LogP contribution in [-0.4, -0.2) is 15.0 Å². The fraction of sp³-hybridized carbons (Fsp3) is 0.0769. The van der Waals surface area contributed by atoms with Gasteiger partial charge in [0.05, 0.1) is 16.6 Å². The number of nitrogens with one attached hydrogen (secondary N) is 2. The fourth-order valence-electron chi connectivity index (χ4n) is 1.99. The van der Waals surface area contributed by atoms with E-state index in [1.54, 1.807) is 12.4 Å². The molecule has 0 saturated heterocycles. The van der Waals surface area contributed by atoms with Gasteiger partial charge in [-0.1, -0.05) is 12.1 Å². The van der Waals surface area contributed by atoms with E-state index in [1.165, 1.54) is 6.07 Å². The molecule has 0 atom stereocenters. The van der Waals surface area contributed by atoms with Crippen LogP contribution in [0, 0.1) is 0 Å². The Morgan fingerprint density at radius 3 is 2.94 bits per heavy atom. The van der Waals surface area contributed by atoms with E-state index in [1.807, 2.05) is 18.2 Å². The van der Waals surface area contributed by atoms with E-state index >= 15 is 0 Å². The van der Waals surface area contributed by atoms with Crippen molar-refractivity contribution in [1.29, 1.82) is 0 Å². The first-order valence-electron chi connectivity index (χ1n) is 5.65. The molecule has 5 nitrogen and oxygen atoms in total. The summed E-state index contributed by atoms with van der Waals surface area (Å²) in [7, 11) is 0. The van der Waals surface area contributed by atoms with E-state index in [0.717, 1.165) is 16.6 Å². The zero-order chi connectivity index (χ0) is 12.5. The van der Waals surface area contributed by atoms with Gasteiger partial charge in [-0.25, -0.2) is 4.98 Å². The maximum absolute atomic E-state index is 11.7. The third kappa shape index (κ3) is 1.61. The molecule has 18 heavy (non-hydrogen) atoms. The molecule has 4 N–H and O–H groups in total. The highest BCUT2D eigenvalue weighted by atomic mass is 16.1. The van der Waals surface area contributed by atoms with Crippen molar-refractivity contribution in [2.75, 3.05) is 0 Å². The molecule has 5 heteroatoms. The number of rotatable bonds is 2. The van der Waals surface area contributed by atoms with Gasteiger partial charge >= 0.3 is 0 Å². The molecule has 0 saturated carbocycles. The van der Waals surface area contributed by atoms with E-state index in [-0.39, 0.29) is 5.43 Å². The molecule has 0 unspecified atom stereocenters. The van der Waals surface area contributed by atoms with Crippen LogP contribution in [-0.2, 0) is 6.54 Å². The first-order valence-corrected chi connectivity index (χ1v) is 5.65. The van der Waals surface area contributed by atoms with E-state index in [9.17, 15) is 4.79 Å². The van der Waals surface area contributed by atoms with Gasteiger partial charge in [0, 0.05) is 25.0 Å². The predicted molar refractivity (Wildman–Crippen MR) is 70.0 cm³/mol. The highest BCUT2D eigenvalue weighted by Gasteiger charge is 2.10. The number of hydrogen-bond donors (Lipinski definition) is 3. The lowest BCUT2D eigenvalue weighted by Crippen LogP contribution is -2.03. The first-order chi connectivity index (χ1) is 8.79. The number of imidazole rings is 1. The van der Waals surface area contributed by atoms with Crippen LogP contribution in [0.3, 0.4) is 0 Å². The maximum Gasteiger partial charge on any atom is 0.192 e. The largest absolute Gasteiger partial charge is 0.367 e. The Morgan fingerprint density at radius 2 is 2.17 bits per heavy atom. The molecule has 2 heterocycles. The van der Waals surface area contributed by atoms with Crippen LogP contribution in [0.25, 0.3) is 22.4 Å². The van der Waals surface area contributed by atoms with E-state index in [0.29, 0.717) is 17.9 Å². The topological polar surface area (TPSA) is 87.6 Å². The molecule has 0 fully saturated rings. The smallest absolute Gasteiger partial charge is 0.192 e. The summed E-state index contributed by atoms with van der Waals surface area (Å²) >= 11 is 0. The normalized spacial score (nSPS) is 10.9. The van der Waals surface area contributed by atoms with Crippen molar-refractivity contribution < 1.29 is 0 Å². The van der Waals surface area contributed by atoms with E-state index in [2.05, 4.69) is 15.0 Å². The van der Waals surface area contributed by atoms with Gasteiger partial charge in [0.2, 0.25) is 0 Å². The molecular formula is C13H12N4O. The van der Waals surface area contributed by atoms with Crippen molar-refractivity contribution in [2.45, 2.75) is 6.54 Å². The summed E-state index contributed by atoms with van der Waals surface area (Å²) in [6.07, 6.45) is 3.24. The van der Waals surface area contributed by atoms with Crippen molar-refractivity contribution in [3.63, 3.8) is 0 Å². The molecule has 0 aliphatic rings. The summed E-state index contributed by atoms with van der Waals surface area (Å²) in [5.41, 5.74) is 8.79. The van der Waals surface area contributed by atoms with Crippen molar-refractivity contribution >= 4 is 11.0 Å². The Morgan fingerprint density at radius 1 is 1.28 bits per heavy atom. The average molecular weight is 240 g/mol. The minimum absolute atomic E-state index is 0.0675. The lowest BCUT2D eigenvalue weighted by molar-refractivity contribution is 1.08. The highest BCUT2D eigenvalue weighted by molar-refractivity contribution is 5.82. The number of aromatic amines is 2. The Bertz CT molecular complexity index is 757. The van der Waals surface area contributed by atoms with E-state index < -0.39 is 0 Å². The second kappa shape index (κ2) is 4.12. The summed E-state index contributed by atoms with van der Waals surface area (Å²) in [6, 6.07) is 7.25. The summed E-state index contributed by atoms with van der Waals surface area (Å²) in [5.74, 6) is 0.563. The molecule has 0 aliphatic heterocycles. The highest BCUT2D eigenvalue weighted by Crippen LogP contribution is 2.20. The molecule has 0 aliphatic carbocycles. The second-order valence-electron chi connectivity index (χ2n) is 4.03. The molecular weight excluding hydrogens is 228 g/mol. The summed E-state index contributed by atoms with van der Waals surface area (Å²) in [6.45, 7) is 0.423. The predicted octanol–water partition coefficient (Wildman–Crippen LogP) is 1.38. The zero-order valence-electron chi connectivity index (χ0n) is 9.60. The van der Waals surface area contributed by atoms with Gasteiger partial charge in [0.25, 0.3) is 0 Å². The number of pyridine rings is 1. The maximum atomic E-state index is 11.7. The van der Waals surface area contributed by atoms with Crippen LogP contribution in [0.5, 0.6) is 0 Å². The van der Waals surface area contributed by atoms with Crippen molar-refractivity contribution in [3.05, 3.63) is 52.4 Å². The molecule has 0 amide bonds. The Kier molecular flexibility index (Phi) is 2.46. The van der Waals surface area contributed by atoms with Gasteiger partial charge in [0.1, 0.15) is 5.82 Å². The van der Waals surface area contributed by atoms with Crippen LogP contribution in [0.15, 0.2) is 41.5 Å². The molecule has 3 aromatic rings. The van der Waals surface area contributed by atoms with Gasteiger partial charge in [0.15, 0.2) is 5.43 Å². The second-order valence-corrected chi connectivity index (χ2v) is 4.03.